The zero-order valence-corrected chi connectivity index (χ0v) is 13.3. The summed E-state index contributed by atoms with van der Waals surface area (Å²) in [5.74, 6) is 0.829. The lowest BCUT2D eigenvalue weighted by molar-refractivity contribution is 0.479. The Balaban J connectivity index is 2.42. The quantitative estimate of drug-likeness (QED) is 0.628. The van der Waals surface area contributed by atoms with Crippen LogP contribution in [0.2, 0.25) is 10.0 Å². The van der Waals surface area contributed by atoms with Crippen molar-refractivity contribution in [3.8, 4) is 11.5 Å². The van der Waals surface area contributed by atoms with E-state index in [-0.39, 0.29) is 4.99 Å². The van der Waals surface area contributed by atoms with E-state index < -0.39 is 0 Å². The van der Waals surface area contributed by atoms with E-state index in [4.69, 9.17) is 45.9 Å². The maximum atomic E-state index is 6.09. The highest BCUT2D eigenvalue weighted by molar-refractivity contribution is 9.10. The number of rotatable bonds is 3. The van der Waals surface area contributed by atoms with Crippen molar-refractivity contribution in [2.24, 2.45) is 5.73 Å². The second-order valence-electron chi connectivity index (χ2n) is 3.51. The third-order valence-electron chi connectivity index (χ3n) is 2.20. The van der Waals surface area contributed by atoms with Gasteiger partial charge in [-0.25, -0.2) is 4.98 Å². The van der Waals surface area contributed by atoms with Crippen LogP contribution in [0.15, 0.2) is 34.9 Å². The van der Waals surface area contributed by atoms with Gasteiger partial charge in [0, 0.05) is 16.7 Å². The van der Waals surface area contributed by atoms with Gasteiger partial charge < -0.3 is 10.5 Å². The number of ether oxygens (including phenoxy) is 1. The van der Waals surface area contributed by atoms with E-state index in [0.29, 0.717) is 31.7 Å². The lowest BCUT2D eigenvalue weighted by Gasteiger charge is -2.11. The average Bonchev–Trinajstić information content (AvgIpc) is 2.36. The van der Waals surface area contributed by atoms with Crippen molar-refractivity contribution in [1.82, 2.24) is 4.98 Å². The van der Waals surface area contributed by atoms with Crippen LogP contribution in [0.25, 0.3) is 0 Å². The van der Waals surface area contributed by atoms with E-state index in [1.165, 1.54) is 0 Å². The molecule has 0 bridgehead atoms. The number of nitrogens with zero attached hydrogens (tertiary/aromatic N) is 1. The van der Waals surface area contributed by atoms with Gasteiger partial charge in [0.2, 0.25) is 0 Å². The molecule has 0 aliphatic carbocycles. The Kier molecular flexibility index (Phi) is 4.62. The van der Waals surface area contributed by atoms with Crippen LogP contribution in [0, 0.1) is 0 Å². The normalized spacial score (nSPS) is 10.3. The van der Waals surface area contributed by atoms with E-state index in [1.807, 2.05) is 0 Å². The van der Waals surface area contributed by atoms with Gasteiger partial charge in [-0.3, -0.25) is 0 Å². The van der Waals surface area contributed by atoms with E-state index in [2.05, 4.69) is 20.9 Å². The van der Waals surface area contributed by atoms with Crippen molar-refractivity contribution >= 4 is 56.3 Å². The number of halogens is 3. The number of hydrogen-bond acceptors (Lipinski definition) is 3. The Bertz CT molecular complexity index is 652. The summed E-state index contributed by atoms with van der Waals surface area (Å²) in [6.07, 6.45) is 1.58. The molecular formula is C12H7BrCl2N2OS. The van der Waals surface area contributed by atoms with Gasteiger partial charge >= 0.3 is 0 Å². The molecule has 0 aliphatic rings. The van der Waals surface area contributed by atoms with Crippen LogP contribution in [0.5, 0.6) is 11.5 Å². The monoisotopic (exact) mass is 376 g/mol. The summed E-state index contributed by atoms with van der Waals surface area (Å²) in [5, 5.41) is 0.897. The third-order valence-corrected chi connectivity index (χ3v) is 3.88. The lowest BCUT2D eigenvalue weighted by Crippen LogP contribution is -2.12. The number of hydrogen-bond donors (Lipinski definition) is 1. The van der Waals surface area contributed by atoms with Gasteiger partial charge in [-0.05, 0) is 34.1 Å². The average molecular weight is 378 g/mol. The minimum absolute atomic E-state index is 0.148. The minimum atomic E-state index is 0.148. The fourth-order valence-electron chi connectivity index (χ4n) is 1.36. The van der Waals surface area contributed by atoms with Crippen LogP contribution in [-0.2, 0) is 0 Å². The van der Waals surface area contributed by atoms with Crippen molar-refractivity contribution in [2.45, 2.75) is 0 Å². The molecule has 1 aromatic carbocycles. The van der Waals surface area contributed by atoms with Crippen LogP contribution in [0.1, 0.15) is 5.69 Å². The summed E-state index contributed by atoms with van der Waals surface area (Å²) in [6.45, 7) is 0. The van der Waals surface area contributed by atoms with Gasteiger partial charge in [-0.15, -0.1) is 0 Å². The van der Waals surface area contributed by atoms with Gasteiger partial charge in [-0.2, -0.15) is 0 Å². The predicted octanol–water partition coefficient (Wildman–Crippen LogP) is 4.58. The molecule has 0 saturated carbocycles. The van der Waals surface area contributed by atoms with Crippen molar-refractivity contribution in [1.29, 1.82) is 0 Å². The van der Waals surface area contributed by atoms with Crippen molar-refractivity contribution in [3.05, 3.63) is 50.7 Å². The van der Waals surface area contributed by atoms with Crippen LogP contribution in [0.3, 0.4) is 0 Å². The molecule has 0 spiro atoms. The largest absolute Gasteiger partial charge is 0.453 e. The lowest BCUT2D eigenvalue weighted by atomic mass is 10.3. The minimum Gasteiger partial charge on any atom is -0.453 e. The molecule has 0 aliphatic heterocycles. The molecule has 0 fully saturated rings. The maximum Gasteiger partial charge on any atom is 0.156 e. The Morgan fingerprint density at radius 2 is 2.00 bits per heavy atom. The molecule has 19 heavy (non-hydrogen) atoms. The number of benzene rings is 1. The van der Waals surface area contributed by atoms with Crippen molar-refractivity contribution in [2.75, 3.05) is 0 Å². The highest BCUT2D eigenvalue weighted by Gasteiger charge is 2.12. The van der Waals surface area contributed by atoms with Crippen molar-refractivity contribution in [3.63, 3.8) is 0 Å². The molecule has 98 valence electrons. The summed E-state index contributed by atoms with van der Waals surface area (Å²) >= 11 is 20.3. The fourth-order valence-corrected chi connectivity index (χ4v) is 2.34. The van der Waals surface area contributed by atoms with Gasteiger partial charge in [0.05, 0.1) is 10.0 Å². The molecule has 1 heterocycles. The molecule has 1 aromatic heterocycles. The molecule has 2 rings (SSSR count). The number of thiocarbonyl (C=S) groups is 1. The molecule has 0 saturated heterocycles. The molecule has 2 aromatic rings. The Hall–Kier alpha value is -0.880. The molecule has 0 atom stereocenters. The second kappa shape index (κ2) is 6.05. The van der Waals surface area contributed by atoms with E-state index >= 15 is 0 Å². The predicted molar refractivity (Wildman–Crippen MR) is 84.4 cm³/mol. The molecule has 3 nitrogen and oxygen atoms in total. The highest BCUT2D eigenvalue weighted by Crippen LogP contribution is 2.37. The number of pyridine rings is 1. The summed E-state index contributed by atoms with van der Waals surface area (Å²) in [5.41, 5.74) is 5.98. The standard InChI is InChI=1S/C12H7BrCl2N2OS/c13-6-4-8(15)10(5-7(6)14)18-9-2-1-3-17-11(9)12(16)19/h1-5H,(H2,16,19). The molecule has 2 N–H and O–H groups in total. The Labute approximate surface area is 133 Å². The van der Waals surface area contributed by atoms with Crippen LogP contribution in [0.4, 0.5) is 0 Å². The SMILES string of the molecule is NC(=S)c1ncccc1Oc1cc(Cl)c(Br)cc1Cl. The zero-order valence-electron chi connectivity index (χ0n) is 9.36. The summed E-state index contributed by atoms with van der Waals surface area (Å²) in [4.78, 5) is 4.22. The first kappa shape index (κ1) is 14.5. The molecule has 0 unspecified atom stereocenters. The first-order valence-corrected chi connectivity index (χ1v) is 7.02. The summed E-state index contributed by atoms with van der Waals surface area (Å²) in [7, 11) is 0. The Morgan fingerprint density at radius 3 is 2.68 bits per heavy atom. The highest BCUT2D eigenvalue weighted by atomic mass is 79.9. The molecule has 0 radical (unpaired) electrons. The smallest absolute Gasteiger partial charge is 0.156 e. The van der Waals surface area contributed by atoms with Gasteiger partial charge in [-0.1, -0.05) is 35.4 Å². The van der Waals surface area contributed by atoms with Gasteiger partial charge in [0.25, 0.3) is 0 Å². The van der Waals surface area contributed by atoms with E-state index in [0.717, 1.165) is 0 Å². The topological polar surface area (TPSA) is 48.1 Å². The van der Waals surface area contributed by atoms with Gasteiger partial charge in [0.1, 0.15) is 16.4 Å². The van der Waals surface area contributed by atoms with Crippen LogP contribution in [-0.4, -0.2) is 9.97 Å². The second-order valence-corrected chi connectivity index (χ2v) is 5.62. The Morgan fingerprint density at radius 1 is 1.26 bits per heavy atom. The molecular weight excluding hydrogens is 371 g/mol. The van der Waals surface area contributed by atoms with Crippen LogP contribution >= 0.6 is 51.3 Å². The number of nitrogens with two attached hydrogens (primary N) is 1. The molecule has 0 amide bonds. The third kappa shape index (κ3) is 3.36. The molecule has 7 heteroatoms. The summed E-state index contributed by atoms with van der Waals surface area (Å²) < 4.78 is 6.36. The van der Waals surface area contributed by atoms with E-state index in [1.54, 1.807) is 30.5 Å². The van der Waals surface area contributed by atoms with Gasteiger partial charge in [0.15, 0.2) is 5.75 Å². The fraction of sp³-hybridized carbons (Fsp3) is 0. The summed E-state index contributed by atoms with van der Waals surface area (Å²) in [6, 6.07) is 6.67. The maximum absolute atomic E-state index is 6.09. The van der Waals surface area contributed by atoms with Crippen molar-refractivity contribution < 1.29 is 4.74 Å². The number of aromatic nitrogens is 1. The van der Waals surface area contributed by atoms with E-state index in [9.17, 15) is 0 Å². The van der Waals surface area contributed by atoms with Crippen LogP contribution < -0.4 is 10.5 Å². The first-order valence-electron chi connectivity index (χ1n) is 5.06. The zero-order chi connectivity index (χ0) is 14.0. The first-order chi connectivity index (χ1) is 8.99.